The van der Waals surface area contributed by atoms with Crippen LogP contribution < -0.4 is 11.0 Å². The molecule has 2 aliphatic carbocycles. The summed E-state index contributed by atoms with van der Waals surface area (Å²) in [6.45, 7) is 1.72. The highest BCUT2D eigenvalue weighted by molar-refractivity contribution is 5.70. The summed E-state index contributed by atoms with van der Waals surface area (Å²) in [4.78, 5) is 34.7. The third-order valence-electron chi connectivity index (χ3n) is 7.68. The number of alkyl halides is 5. The molecule has 0 radical (unpaired) electrons. The van der Waals surface area contributed by atoms with Crippen LogP contribution in [0.5, 0.6) is 0 Å². The largest absolute Gasteiger partial charge is 0.391 e. The molecule has 3 aromatic rings. The maximum Gasteiger partial charge on any atom is 0.391 e. The van der Waals surface area contributed by atoms with Gasteiger partial charge in [0, 0.05) is 71.4 Å². The van der Waals surface area contributed by atoms with E-state index < -0.39 is 23.9 Å². The lowest BCUT2D eigenvalue weighted by Gasteiger charge is -2.35. The number of rotatable bonds is 4. The molecule has 2 saturated carbocycles. The Morgan fingerprint density at radius 1 is 1.00 bits per heavy atom. The molecule has 0 amide bonds. The van der Waals surface area contributed by atoms with E-state index in [0.29, 0.717) is 46.6 Å². The Balaban J connectivity index is 1.53. The first kappa shape index (κ1) is 25.4. The van der Waals surface area contributed by atoms with Gasteiger partial charge in [-0.15, -0.1) is 0 Å². The highest BCUT2D eigenvalue weighted by Gasteiger charge is 2.47. The van der Waals surface area contributed by atoms with Crippen molar-refractivity contribution in [3.05, 3.63) is 74.2 Å². The molecule has 0 spiro atoms. The lowest BCUT2D eigenvalue weighted by molar-refractivity contribution is -0.182. The second-order valence-electron chi connectivity index (χ2n) is 10.2. The van der Waals surface area contributed by atoms with Crippen molar-refractivity contribution in [3.8, 4) is 22.4 Å². The summed E-state index contributed by atoms with van der Waals surface area (Å²) in [7, 11) is 0. The molecule has 0 saturated heterocycles. The van der Waals surface area contributed by atoms with Crippen LogP contribution in [-0.2, 0) is 0 Å². The first-order valence-corrected chi connectivity index (χ1v) is 12.3. The standard InChI is InChI=1S/C27H26F5N3O2/c1-14-25(16-4-7-24(37)34-12-16)23(36)9-22(35-14)20-13-33-21(17-10-26(28,29)11-17)8-19(20)15-2-5-18(6-3-15)27(30,31)32/h4,7-9,12-13,15,17-18H,2-3,5-6,10-11H2,1H3,(H,34,37)(H,35,36). The predicted molar refractivity (Wildman–Crippen MR) is 129 cm³/mol. The van der Waals surface area contributed by atoms with Gasteiger partial charge in [-0.1, -0.05) is 0 Å². The summed E-state index contributed by atoms with van der Waals surface area (Å²) in [6, 6.07) is 6.03. The van der Waals surface area contributed by atoms with Gasteiger partial charge in [-0.05, 0) is 56.2 Å². The van der Waals surface area contributed by atoms with Crippen LogP contribution in [0.3, 0.4) is 0 Å². The van der Waals surface area contributed by atoms with E-state index in [2.05, 4.69) is 15.0 Å². The number of nitrogens with one attached hydrogen (secondary N) is 2. The predicted octanol–water partition coefficient (Wildman–Crippen LogP) is 6.45. The van der Waals surface area contributed by atoms with E-state index >= 15 is 0 Å². The van der Waals surface area contributed by atoms with Crippen molar-refractivity contribution in [2.45, 2.75) is 69.4 Å². The van der Waals surface area contributed by atoms with Crippen LogP contribution in [0.25, 0.3) is 22.4 Å². The van der Waals surface area contributed by atoms with Crippen molar-refractivity contribution in [1.82, 2.24) is 15.0 Å². The maximum absolute atomic E-state index is 13.5. The summed E-state index contributed by atoms with van der Waals surface area (Å²) in [6.07, 6.45) is -1.25. The van der Waals surface area contributed by atoms with Gasteiger partial charge in [0.25, 0.3) is 0 Å². The molecule has 5 rings (SSSR count). The van der Waals surface area contributed by atoms with Gasteiger partial charge >= 0.3 is 6.18 Å². The van der Waals surface area contributed by atoms with E-state index in [1.807, 2.05) is 0 Å². The van der Waals surface area contributed by atoms with E-state index in [0.717, 1.165) is 5.56 Å². The van der Waals surface area contributed by atoms with Crippen LogP contribution in [0.1, 0.15) is 67.3 Å². The molecule has 5 nitrogen and oxygen atoms in total. The van der Waals surface area contributed by atoms with Gasteiger partial charge in [0.2, 0.25) is 11.5 Å². The number of aromatic nitrogens is 3. The van der Waals surface area contributed by atoms with Crippen LogP contribution in [0.15, 0.2) is 46.2 Å². The van der Waals surface area contributed by atoms with Gasteiger partial charge in [-0.25, -0.2) is 8.78 Å². The molecule has 0 bridgehead atoms. The number of pyridine rings is 3. The number of H-pyrrole nitrogens is 2. The number of halogens is 5. The Morgan fingerprint density at radius 2 is 1.70 bits per heavy atom. The molecule has 0 aliphatic heterocycles. The molecular weight excluding hydrogens is 493 g/mol. The SMILES string of the molecule is Cc1[nH]c(-c2cnc(C3CC(F)(F)C3)cc2C2CCC(C(F)(F)F)CC2)cc(=O)c1-c1ccc(=O)[nH]c1. The van der Waals surface area contributed by atoms with Crippen molar-refractivity contribution in [3.63, 3.8) is 0 Å². The van der Waals surface area contributed by atoms with Crippen LogP contribution in [0.2, 0.25) is 0 Å². The normalized spacial score (nSPS) is 22.0. The van der Waals surface area contributed by atoms with Crippen molar-refractivity contribution < 1.29 is 22.0 Å². The lowest BCUT2D eigenvalue weighted by atomic mass is 9.74. The molecule has 3 aromatic heterocycles. The molecular formula is C27H26F5N3O2. The third kappa shape index (κ3) is 5.10. The van der Waals surface area contributed by atoms with E-state index in [-0.39, 0.29) is 42.6 Å². The lowest BCUT2D eigenvalue weighted by Crippen LogP contribution is -2.34. The summed E-state index contributed by atoms with van der Waals surface area (Å²) < 4.78 is 66.8. The molecule has 3 heterocycles. The van der Waals surface area contributed by atoms with Gasteiger partial charge in [0.05, 0.1) is 11.6 Å². The highest BCUT2D eigenvalue weighted by Crippen LogP contribution is 2.50. The van der Waals surface area contributed by atoms with E-state index in [4.69, 9.17) is 0 Å². The average molecular weight is 520 g/mol. The van der Waals surface area contributed by atoms with E-state index in [9.17, 15) is 31.5 Å². The molecule has 0 unspecified atom stereocenters. The van der Waals surface area contributed by atoms with Crippen molar-refractivity contribution >= 4 is 0 Å². The van der Waals surface area contributed by atoms with Gasteiger partial charge in [0.1, 0.15) is 0 Å². The Bertz CT molecular complexity index is 1410. The Kier molecular flexibility index (Phi) is 6.32. The second kappa shape index (κ2) is 9.22. The minimum absolute atomic E-state index is 0.00649. The fourth-order valence-electron chi connectivity index (χ4n) is 5.63. The van der Waals surface area contributed by atoms with E-state index in [1.54, 1.807) is 25.3 Å². The number of aromatic amines is 2. The van der Waals surface area contributed by atoms with Crippen molar-refractivity contribution in [1.29, 1.82) is 0 Å². The monoisotopic (exact) mass is 519 g/mol. The van der Waals surface area contributed by atoms with Gasteiger partial charge in [-0.2, -0.15) is 13.2 Å². The Labute approximate surface area is 209 Å². The molecule has 0 aromatic carbocycles. The van der Waals surface area contributed by atoms with Crippen LogP contribution in [-0.4, -0.2) is 27.1 Å². The smallest absolute Gasteiger partial charge is 0.358 e. The highest BCUT2D eigenvalue weighted by atomic mass is 19.4. The summed E-state index contributed by atoms with van der Waals surface area (Å²) in [5, 5.41) is 0. The topological polar surface area (TPSA) is 78.6 Å². The second-order valence-corrected chi connectivity index (χ2v) is 10.2. The zero-order chi connectivity index (χ0) is 26.5. The quantitative estimate of drug-likeness (QED) is 0.389. The first-order chi connectivity index (χ1) is 17.4. The molecule has 37 heavy (non-hydrogen) atoms. The minimum atomic E-state index is -4.24. The molecule has 10 heteroatoms. The van der Waals surface area contributed by atoms with Crippen molar-refractivity contribution in [2.24, 2.45) is 5.92 Å². The number of nitrogens with zero attached hydrogens (tertiary/aromatic N) is 1. The molecule has 196 valence electrons. The zero-order valence-electron chi connectivity index (χ0n) is 20.1. The van der Waals surface area contributed by atoms with Crippen molar-refractivity contribution in [2.75, 3.05) is 0 Å². The van der Waals surface area contributed by atoms with Crippen LogP contribution in [0.4, 0.5) is 22.0 Å². The molecule has 2 N–H and O–H groups in total. The Hall–Kier alpha value is -3.30. The first-order valence-electron chi connectivity index (χ1n) is 12.3. The fourth-order valence-corrected chi connectivity index (χ4v) is 5.63. The third-order valence-corrected chi connectivity index (χ3v) is 7.68. The van der Waals surface area contributed by atoms with Crippen LogP contribution in [0, 0.1) is 12.8 Å². The van der Waals surface area contributed by atoms with Gasteiger partial charge in [-0.3, -0.25) is 14.6 Å². The Morgan fingerprint density at radius 3 is 2.27 bits per heavy atom. The average Bonchev–Trinajstić information content (AvgIpc) is 2.82. The summed E-state index contributed by atoms with van der Waals surface area (Å²) in [5.41, 5.74) is 3.15. The number of hydrogen-bond acceptors (Lipinski definition) is 3. The van der Waals surface area contributed by atoms with Gasteiger partial charge in [0.15, 0.2) is 5.43 Å². The summed E-state index contributed by atoms with van der Waals surface area (Å²) in [5.74, 6) is -4.69. The molecule has 0 atom stereocenters. The molecule has 2 fully saturated rings. The fraction of sp³-hybridized carbons (Fsp3) is 0.444. The maximum atomic E-state index is 13.5. The zero-order valence-corrected chi connectivity index (χ0v) is 20.1. The number of aryl methyl sites for hydroxylation is 1. The summed E-state index contributed by atoms with van der Waals surface area (Å²) >= 11 is 0. The molecule has 2 aliphatic rings. The van der Waals surface area contributed by atoms with E-state index in [1.165, 1.54) is 18.3 Å². The minimum Gasteiger partial charge on any atom is -0.358 e. The number of hydrogen-bond donors (Lipinski definition) is 2. The van der Waals surface area contributed by atoms with Crippen LogP contribution >= 0.6 is 0 Å². The van der Waals surface area contributed by atoms with Gasteiger partial charge < -0.3 is 9.97 Å².